The zero-order valence-corrected chi connectivity index (χ0v) is 12.1. The Kier molecular flexibility index (Phi) is 4.42. The molecule has 0 aromatic carbocycles. The first-order chi connectivity index (χ1) is 9.31. The molecule has 3 fully saturated rings. The lowest BCUT2D eigenvalue weighted by molar-refractivity contribution is -0.148. The fourth-order valence-electron chi connectivity index (χ4n) is 4.00. The van der Waals surface area contributed by atoms with Crippen LogP contribution >= 0.6 is 0 Å². The third kappa shape index (κ3) is 3.13. The summed E-state index contributed by atoms with van der Waals surface area (Å²) >= 11 is 0. The Morgan fingerprint density at radius 2 is 2.00 bits per heavy atom. The summed E-state index contributed by atoms with van der Waals surface area (Å²) in [5, 5.41) is 0. The third-order valence-corrected chi connectivity index (χ3v) is 5.32. The van der Waals surface area contributed by atoms with Gasteiger partial charge in [-0.2, -0.15) is 0 Å². The van der Waals surface area contributed by atoms with Gasteiger partial charge in [0.05, 0.1) is 5.60 Å². The quantitative estimate of drug-likeness (QED) is 0.830. The Hall–Kier alpha value is -0.160. The topological polar surface area (TPSA) is 41.7 Å². The van der Waals surface area contributed by atoms with Crippen molar-refractivity contribution in [3.05, 3.63) is 0 Å². The van der Waals surface area contributed by atoms with Gasteiger partial charge in [-0.25, -0.2) is 0 Å². The summed E-state index contributed by atoms with van der Waals surface area (Å²) in [5.41, 5.74) is 5.96. The van der Waals surface area contributed by atoms with Gasteiger partial charge in [0, 0.05) is 38.8 Å². The number of rotatable bonds is 3. The highest BCUT2D eigenvalue weighted by molar-refractivity contribution is 4.97. The van der Waals surface area contributed by atoms with Gasteiger partial charge in [0.15, 0.2) is 0 Å². The van der Waals surface area contributed by atoms with Gasteiger partial charge < -0.3 is 15.4 Å². The Balaban J connectivity index is 1.53. The van der Waals surface area contributed by atoms with Gasteiger partial charge in [0.25, 0.3) is 0 Å². The van der Waals surface area contributed by atoms with E-state index >= 15 is 0 Å². The van der Waals surface area contributed by atoms with Crippen LogP contribution < -0.4 is 5.73 Å². The molecule has 4 nitrogen and oxygen atoms in total. The van der Waals surface area contributed by atoms with Crippen molar-refractivity contribution >= 4 is 0 Å². The van der Waals surface area contributed by atoms with Crippen LogP contribution in [0, 0.1) is 0 Å². The van der Waals surface area contributed by atoms with Crippen LogP contribution in [0.1, 0.15) is 38.5 Å². The van der Waals surface area contributed by atoms with Crippen molar-refractivity contribution in [1.29, 1.82) is 0 Å². The molecule has 2 saturated heterocycles. The van der Waals surface area contributed by atoms with Gasteiger partial charge in [-0.1, -0.05) is 0 Å². The molecule has 1 aliphatic carbocycles. The van der Waals surface area contributed by atoms with Crippen molar-refractivity contribution in [2.24, 2.45) is 5.73 Å². The molecule has 0 aromatic heterocycles. The lowest BCUT2D eigenvalue weighted by atomic mass is 9.73. The summed E-state index contributed by atoms with van der Waals surface area (Å²) in [6, 6.07) is 0.770. The molecule has 3 aliphatic rings. The molecule has 0 radical (unpaired) electrons. The molecule has 0 amide bonds. The Morgan fingerprint density at radius 1 is 1.11 bits per heavy atom. The van der Waals surface area contributed by atoms with E-state index in [1.165, 1.54) is 64.7 Å². The van der Waals surface area contributed by atoms with Crippen molar-refractivity contribution in [2.75, 3.05) is 45.9 Å². The van der Waals surface area contributed by atoms with E-state index < -0.39 is 0 Å². The molecular formula is C15H29N3O. The van der Waals surface area contributed by atoms with Crippen LogP contribution in [0.15, 0.2) is 0 Å². The molecule has 4 heteroatoms. The minimum Gasteiger partial charge on any atom is -0.375 e. The highest BCUT2D eigenvalue weighted by Gasteiger charge is 2.43. The van der Waals surface area contributed by atoms with Gasteiger partial charge in [0.1, 0.15) is 0 Å². The van der Waals surface area contributed by atoms with Crippen LogP contribution in [0.2, 0.25) is 0 Å². The van der Waals surface area contributed by atoms with Crippen LogP contribution in [0.25, 0.3) is 0 Å². The van der Waals surface area contributed by atoms with Crippen molar-refractivity contribution in [1.82, 2.24) is 9.80 Å². The van der Waals surface area contributed by atoms with Crippen molar-refractivity contribution < 1.29 is 4.74 Å². The van der Waals surface area contributed by atoms with Gasteiger partial charge in [-0.3, -0.25) is 4.90 Å². The second-order valence-electron chi connectivity index (χ2n) is 6.55. The molecule has 1 atom stereocenters. The molecule has 2 aliphatic heterocycles. The third-order valence-electron chi connectivity index (χ3n) is 5.32. The molecule has 1 saturated carbocycles. The molecular weight excluding hydrogens is 238 g/mol. The number of hydrogen-bond acceptors (Lipinski definition) is 4. The minimum atomic E-state index is 0.284. The largest absolute Gasteiger partial charge is 0.375 e. The fourth-order valence-corrected chi connectivity index (χ4v) is 4.00. The summed E-state index contributed by atoms with van der Waals surface area (Å²) in [6.07, 6.45) is 7.79. The zero-order valence-electron chi connectivity index (χ0n) is 12.1. The highest BCUT2D eigenvalue weighted by Crippen LogP contribution is 2.43. The van der Waals surface area contributed by atoms with Crippen LogP contribution in [0.4, 0.5) is 0 Å². The van der Waals surface area contributed by atoms with E-state index in [1.807, 2.05) is 0 Å². The summed E-state index contributed by atoms with van der Waals surface area (Å²) in [5.74, 6) is 0. The second-order valence-corrected chi connectivity index (χ2v) is 6.55. The van der Waals surface area contributed by atoms with Gasteiger partial charge in [0.2, 0.25) is 0 Å². The maximum Gasteiger partial charge on any atom is 0.0697 e. The van der Waals surface area contributed by atoms with E-state index in [9.17, 15) is 0 Å². The maximum absolute atomic E-state index is 6.06. The standard InChI is InChI=1S/C15H29N3O/c16-6-9-17-7-2-8-18(11-10-17)14-3-12-19-15(13-14)4-1-5-15/h14H,1-13,16H2. The molecule has 19 heavy (non-hydrogen) atoms. The monoisotopic (exact) mass is 267 g/mol. The summed E-state index contributed by atoms with van der Waals surface area (Å²) in [7, 11) is 0. The van der Waals surface area contributed by atoms with Crippen molar-refractivity contribution in [3.8, 4) is 0 Å². The average Bonchev–Trinajstić information content (AvgIpc) is 2.63. The second kappa shape index (κ2) is 6.08. The first-order valence-electron chi connectivity index (χ1n) is 8.12. The fraction of sp³-hybridized carbons (Fsp3) is 1.00. The van der Waals surface area contributed by atoms with Gasteiger partial charge >= 0.3 is 0 Å². The first-order valence-corrected chi connectivity index (χ1v) is 8.12. The lowest BCUT2D eigenvalue weighted by Crippen LogP contribution is -2.52. The molecule has 0 aromatic rings. The zero-order chi connectivity index (χ0) is 13.1. The molecule has 0 bridgehead atoms. The van der Waals surface area contributed by atoms with Gasteiger partial charge in [-0.05, 0) is 51.6 Å². The van der Waals surface area contributed by atoms with Gasteiger partial charge in [-0.15, -0.1) is 0 Å². The summed E-state index contributed by atoms with van der Waals surface area (Å²) in [6.45, 7) is 7.74. The molecule has 1 spiro atoms. The van der Waals surface area contributed by atoms with E-state index in [-0.39, 0.29) is 5.60 Å². The number of ether oxygens (including phenoxy) is 1. The predicted molar refractivity (Wildman–Crippen MR) is 77.2 cm³/mol. The maximum atomic E-state index is 6.06. The summed E-state index contributed by atoms with van der Waals surface area (Å²) < 4.78 is 6.06. The molecule has 1 unspecified atom stereocenters. The van der Waals surface area contributed by atoms with Crippen molar-refractivity contribution in [2.45, 2.75) is 50.2 Å². The van der Waals surface area contributed by atoms with E-state index in [1.54, 1.807) is 0 Å². The Labute approximate surface area is 117 Å². The normalized spacial score (nSPS) is 33.0. The molecule has 2 heterocycles. The predicted octanol–water partition coefficient (Wildman–Crippen LogP) is 1.05. The summed E-state index contributed by atoms with van der Waals surface area (Å²) in [4.78, 5) is 5.26. The van der Waals surface area contributed by atoms with Crippen molar-refractivity contribution in [3.63, 3.8) is 0 Å². The minimum absolute atomic E-state index is 0.284. The van der Waals surface area contributed by atoms with E-state index in [0.717, 1.165) is 25.7 Å². The van der Waals surface area contributed by atoms with Crippen LogP contribution in [0.3, 0.4) is 0 Å². The Bertz CT molecular complexity index is 293. The van der Waals surface area contributed by atoms with Crippen LogP contribution in [-0.4, -0.2) is 67.3 Å². The smallest absolute Gasteiger partial charge is 0.0697 e. The van der Waals surface area contributed by atoms with E-state index in [4.69, 9.17) is 10.5 Å². The number of nitrogens with zero attached hydrogens (tertiary/aromatic N) is 2. The molecule has 3 rings (SSSR count). The van der Waals surface area contributed by atoms with E-state index in [0.29, 0.717) is 0 Å². The van der Waals surface area contributed by atoms with Crippen LogP contribution in [0.5, 0.6) is 0 Å². The SMILES string of the molecule is NCCN1CCCN(C2CCOC3(CCC3)C2)CC1. The number of nitrogens with two attached hydrogens (primary N) is 1. The lowest BCUT2D eigenvalue weighted by Gasteiger charge is -2.49. The highest BCUT2D eigenvalue weighted by atomic mass is 16.5. The Morgan fingerprint density at radius 3 is 2.74 bits per heavy atom. The van der Waals surface area contributed by atoms with E-state index in [2.05, 4.69) is 9.80 Å². The molecule has 110 valence electrons. The van der Waals surface area contributed by atoms with Crippen LogP contribution in [-0.2, 0) is 4.74 Å². The average molecular weight is 267 g/mol. The molecule has 2 N–H and O–H groups in total. The number of hydrogen-bond donors (Lipinski definition) is 1. The first kappa shape index (κ1) is 13.8.